The summed E-state index contributed by atoms with van der Waals surface area (Å²) in [5.74, 6) is -0.0701. The molecule has 0 bridgehead atoms. The smallest absolute Gasteiger partial charge is 0.408 e. The van der Waals surface area contributed by atoms with Gasteiger partial charge < -0.3 is 14.8 Å². The first-order valence-electron chi connectivity index (χ1n) is 4.76. The molecule has 1 N–H and O–H groups in total. The molecule has 4 nitrogen and oxygen atoms in total. The molecule has 7 heteroatoms. The molecule has 0 radical (unpaired) electrons. The normalized spacial score (nSPS) is 23.1. The molecule has 0 spiro atoms. The van der Waals surface area contributed by atoms with E-state index < -0.39 is 16.8 Å². The van der Waals surface area contributed by atoms with Gasteiger partial charge in [-0.1, -0.05) is 0 Å². The molecule has 1 fully saturated rings. The van der Waals surface area contributed by atoms with Crippen molar-refractivity contribution in [1.82, 2.24) is 5.32 Å². The Labute approximate surface area is 111 Å². The molecular weight excluding hydrogens is 313 g/mol. The minimum atomic E-state index is -1.01. The molecule has 1 aliphatic rings. The number of carbonyl (C=O) groups excluding carboxylic acids is 1. The van der Waals surface area contributed by atoms with Gasteiger partial charge in [-0.3, -0.25) is 0 Å². The first-order chi connectivity index (χ1) is 7.98. The van der Waals surface area contributed by atoms with Crippen LogP contribution in [0.5, 0.6) is 5.75 Å². The molecule has 92 valence electrons. The fourth-order valence-electron chi connectivity index (χ4n) is 1.30. The molecule has 1 heterocycles. The number of alkyl carbamates (subject to hydrolysis) is 1. The second-order valence-electron chi connectivity index (χ2n) is 3.55. The molecule has 1 saturated heterocycles. The first kappa shape index (κ1) is 12.5. The summed E-state index contributed by atoms with van der Waals surface area (Å²) < 4.78 is 23.8. The topological polar surface area (TPSA) is 47.6 Å². The maximum absolute atomic E-state index is 13.2. The van der Waals surface area contributed by atoms with Crippen LogP contribution in [-0.2, 0) is 4.74 Å². The maximum Gasteiger partial charge on any atom is 0.408 e. The summed E-state index contributed by atoms with van der Waals surface area (Å²) in [4.78, 5) is 9.85. The van der Waals surface area contributed by atoms with Crippen molar-refractivity contribution in [1.29, 1.82) is 0 Å². The van der Waals surface area contributed by atoms with Crippen LogP contribution in [0.4, 0.5) is 9.18 Å². The maximum atomic E-state index is 13.2. The molecule has 17 heavy (non-hydrogen) atoms. The molecule has 1 aromatic carbocycles. The van der Waals surface area contributed by atoms with E-state index in [1.54, 1.807) is 6.07 Å². The fraction of sp³-hybridized carbons (Fsp3) is 0.300. The third kappa shape index (κ3) is 3.04. The van der Waals surface area contributed by atoms with Crippen LogP contribution in [0.3, 0.4) is 0 Å². The standard InChI is InChI=1S/C10H9BrFNO3S/c11-7-2-1-6(3-8(7)12)15-5-10(17)4-13-9(14)16-10/h1-3,17H,4-5H2,(H,13,14)/t10-/m1/s1. The van der Waals surface area contributed by atoms with Gasteiger partial charge in [-0.15, -0.1) is 12.6 Å². The number of nitrogens with one attached hydrogen (secondary N) is 1. The van der Waals surface area contributed by atoms with Crippen molar-refractivity contribution in [3.63, 3.8) is 0 Å². The SMILES string of the molecule is O=C1NC[C@@](S)(COc2ccc(Br)c(F)c2)O1. The van der Waals surface area contributed by atoms with Crippen molar-refractivity contribution in [2.24, 2.45) is 0 Å². The third-order valence-corrected chi connectivity index (χ3v) is 3.17. The van der Waals surface area contributed by atoms with Crippen LogP contribution >= 0.6 is 28.6 Å². The van der Waals surface area contributed by atoms with Crippen molar-refractivity contribution in [3.05, 3.63) is 28.5 Å². The molecule has 0 aliphatic carbocycles. The van der Waals surface area contributed by atoms with Crippen LogP contribution in [0, 0.1) is 5.82 Å². The van der Waals surface area contributed by atoms with E-state index in [9.17, 15) is 9.18 Å². The lowest BCUT2D eigenvalue weighted by Crippen LogP contribution is -2.33. The predicted molar refractivity (Wildman–Crippen MR) is 65.8 cm³/mol. The average molecular weight is 322 g/mol. The number of amides is 1. The van der Waals surface area contributed by atoms with Gasteiger partial charge in [-0.05, 0) is 28.1 Å². The van der Waals surface area contributed by atoms with E-state index >= 15 is 0 Å². The zero-order valence-electron chi connectivity index (χ0n) is 8.57. The van der Waals surface area contributed by atoms with Gasteiger partial charge >= 0.3 is 6.09 Å². The first-order valence-corrected chi connectivity index (χ1v) is 6.00. The lowest BCUT2D eigenvalue weighted by molar-refractivity contribution is 0.0838. The minimum absolute atomic E-state index is 0.0376. The van der Waals surface area contributed by atoms with E-state index in [-0.39, 0.29) is 13.2 Å². The molecule has 0 aromatic heterocycles. The highest BCUT2D eigenvalue weighted by Crippen LogP contribution is 2.25. The second kappa shape index (κ2) is 4.73. The Hall–Kier alpha value is -0.950. The Balaban J connectivity index is 1.98. The lowest BCUT2D eigenvalue weighted by atomic mass is 10.3. The Morgan fingerprint density at radius 2 is 2.41 bits per heavy atom. The molecule has 1 atom stereocenters. The van der Waals surface area contributed by atoms with Gasteiger partial charge in [-0.25, -0.2) is 9.18 Å². The number of cyclic esters (lactones) is 1. The number of thiol groups is 1. The van der Waals surface area contributed by atoms with Crippen LogP contribution < -0.4 is 10.1 Å². The third-order valence-electron chi connectivity index (χ3n) is 2.15. The zero-order valence-corrected chi connectivity index (χ0v) is 11.1. The van der Waals surface area contributed by atoms with Crippen molar-refractivity contribution >= 4 is 34.7 Å². The summed E-state index contributed by atoms with van der Waals surface area (Å²) in [6.45, 7) is 0.282. The van der Waals surface area contributed by atoms with Crippen LogP contribution in [-0.4, -0.2) is 24.2 Å². The number of hydrogen-bond donors (Lipinski definition) is 2. The number of ether oxygens (including phenoxy) is 2. The van der Waals surface area contributed by atoms with E-state index in [4.69, 9.17) is 9.47 Å². The summed E-state index contributed by atoms with van der Waals surface area (Å²) in [5, 5.41) is 2.47. The van der Waals surface area contributed by atoms with Gasteiger partial charge in [0.2, 0.25) is 4.93 Å². The predicted octanol–water partition coefficient (Wildman–Crippen LogP) is 2.33. The van der Waals surface area contributed by atoms with Gasteiger partial charge in [0.25, 0.3) is 0 Å². The second-order valence-corrected chi connectivity index (χ2v) is 5.22. The summed E-state index contributed by atoms with van der Waals surface area (Å²) >= 11 is 7.22. The highest BCUT2D eigenvalue weighted by atomic mass is 79.9. The number of halogens is 2. The van der Waals surface area contributed by atoms with E-state index in [0.717, 1.165) is 0 Å². The van der Waals surface area contributed by atoms with Gasteiger partial charge in [0.05, 0.1) is 11.0 Å². The van der Waals surface area contributed by atoms with Crippen LogP contribution in [0.25, 0.3) is 0 Å². The number of hydrogen-bond acceptors (Lipinski definition) is 4. The molecule has 1 aromatic rings. The van der Waals surface area contributed by atoms with E-state index in [2.05, 4.69) is 33.9 Å². The molecule has 1 amide bonds. The fourth-order valence-corrected chi connectivity index (χ4v) is 1.77. The Morgan fingerprint density at radius 3 is 3.00 bits per heavy atom. The molecular formula is C10H9BrFNO3S. The van der Waals surface area contributed by atoms with E-state index in [0.29, 0.717) is 10.2 Å². The number of benzene rings is 1. The van der Waals surface area contributed by atoms with Crippen molar-refractivity contribution in [2.75, 3.05) is 13.2 Å². The van der Waals surface area contributed by atoms with Gasteiger partial charge in [0.15, 0.2) is 0 Å². The van der Waals surface area contributed by atoms with E-state index in [1.807, 2.05) is 0 Å². The Bertz CT molecular complexity index is 459. The summed E-state index contributed by atoms with van der Waals surface area (Å²) in [5.41, 5.74) is 0. The molecule has 1 aliphatic heterocycles. The molecule has 2 rings (SSSR count). The van der Waals surface area contributed by atoms with Crippen LogP contribution in [0.2, 0.25) is 0 Å². The van der Waals surface area contributed by atoms with Crippen LogP contribution in [0.1, 0.15) is 0 Å². The number of rotatable bonds is 3. The van der Waals surface area contributed by atoms with Crippen molar-refractivity contribution in [2.45, 2.75) is 4.93 Å². The van der Waals surface area contributed by atoms with Crippen molar-refractivity contribution in [3.8, 4) is 5.75 Å². The quantitative estimate of drug-likeness (QED) is 0.840. The summed E-state index contributed by atoms with van der Waals surface area (Å²) in [6, 6.07) is 4.38. The van der Waals surface area contributed by atoms with Crippen LogP contribution in [0.15, 0.2) is 22.7 Å². The summed E-state index contributed by atoms with van der Waals surface area (Å²) in [6.07, 6.45) is -0.536. The van der Waals surface area contributed by atoms with Gasteiger partial charge in [0.1, 0.15) is 18.2 Å². The van der Waals surface area contributed by atoms with Gasteiger partial charge in [-0.2, -0.15) is 0 Å². The Kier molecular flexibility index (Phi) is 3.48. The highest BCUT2D eigenvalue weighted by Gasteiger charge is 2.37. The molecule has 0 unspecified atom stereocenters. The number of carbonyl (C=O) groups is 1. The average Bonchev–Trinajstić information content (AvgIpc) is 2.61. The monoisotopic (exact) mass is 321 g/mol. The molecule has 0 saturated carbocycles. The minimum Gasteiger partial charge on any atom is -0.488 e. The zero-order chi connectivity index (χ0) is 12.5. The van der Waals surface area contributed by atoms with E-state index in [1.165, 1.54) is 12.1 Å². The summed E-state index contributed by atoms with van der Waals surface area (Å²) in [7, 11) is 0. The van der Waals surface area contributed by atoms with Gasteiger partial charge in [0, 0.05) is 6.07 Å². The largest absolute Gasteiger partial charge is 0.488 e. The Morgan fingerprint density at radius 1 is 1.65 bits per heavy atom. The highest BCUT2D eigenvalue weighted by molar-refractivity contribution is 9.10. The lowest BCUT2D eigenvalue weighted by Gasteiger charge is -2.20. The van der Waals surface area contributed by atoms with Crippen molar-refractivity contribution < 1.29 is 18.7 Å².